The summed E-state index contributed by atoms with van der Waals surface area (Å²) in [6, 6.07) is 0. The number of nitrogens with zero attached hydrogens (tertiary/aromatic N) is 1. The maximum absolute atomic E-state index is 10.8. The van der Waals surface area contributed by atoms with Gasteiger partial charge in [-0.2, -0.15) is 8.42 Å². The molecular formula is C24H47NO4S. The Labute approximate surface area is 186 Å². The van der Waals surface area contributed by atoms with Crippen LogP contribution in [0.25, 0.3) is 0 Å². The summed E-state index contributed by atoms with van der Waals surface area (Å²) in [5, 5.41) is 0. The molecule has 1 saturated heterocycles. The highest BCUT2D eigenvalue weighted by molar-refractivity contribution is 7.85. The number of unbranched alkanes of at least 4 members (excludes halogenated alkanes) is 12. The molecule has 1 aliphatic heterocycles. The Balaban J connectivity index is 0.000001000. The van der Waals surface area contributed by atoms with Crippen LogP contribution in [0, 0.1) is 0 Å². The van der Waals surface area contributed by atoms with Gasteiger partial charge < -0.3 is 4.90 Å². The second kappa shape index (κ2) is 20.0. The number of hydrogen-bond acceptors (Lipinski definition) is 4. The molecule has 0 radical (unpaired) electrons. The van der Waals surface area contributed by atoms with Gasteiger partial charge in [-0.1, -0.05) is 76.9 Å². The summed E-state index contributed by atoms with van der Waals surface area (Å²) in [7, 11) is -1.41. The Kier molecular flexibility index (Phi) is 19.5. The molecule has 1 amide bonds. The van der Waals surface area contributed by atoms with Crippen LogP contribution in [-0.4, -0.2) is 45.7 Å². The van der Waals surface area contributed by atoms with Crippen LogP contribution in [0.5, 0.6) is 0 Å². The highest BCUT2D eigenvalue weighted by atomic mass is 32.2. The van der Waals surface area contributed by atoms with Crippen LogP contribution in [0.15, 0.2) is 12.2 Å². The molecule has 0 unspecified atom stereocenters. The molecule has 0 spiro atoms. The van der Waals surface area contributed by atoms with Crippen molar-refractivity contribution < 1.29 is 17.4 Å². The molecule has 1 aliphatic rings. The molecule has 0 atom stereocenters. The molecule has 0 aromatic carbocycles. The Morgan fingerprint density at radius 3 is 1.77 bits per heavy atom. The fraction of sp³-hybridized carbons (Fsp3) is 0.875. The van der Waals surface area contributed by atoms with Crippen LogP contribution in [0.2, 0.25) is 0 Å². The maximum Gasteiger partial charge on any atom is 0.264 e. The second-order valence-corrected chi connectivity index (χ2v) is 10.0. The molecule has 1 fully saturated rings. The van der Waals surface area contributed by atoms with Crippen LogP contribution in [-0.2, 0) is 19.1 Å². The molecule has 0 saturated carbocycles. The van der Waals surface area contributed by atoms with Crippen LogP contribution >= 0.6 is 0 Å². The van der Waals surface area contributed by atoms with Gasteiger partial charge in [-0.15, -0.1) is 0 Å². The minimum Gasteiger partial charge on any atom is -0.346 e. The van der Waals surface area contributed by atoms with E-state index in [0.717, 1.165) is 38.5 Å². The van der Waals surface area contributed by atoms with Gasteiger partial charge in [-0.05, 0) is 38.5 Å². The van der Waals surface area contributed by atoms with Gasteiger partial charge >= 0.3 is 0 Å². The zero-order valence-corrected chi connectivity index (χ0v) is 20.7. The van der Waals surface area contributed by atoms with E-state index in [-0.39, 0.29) is 0 Å². The molecule has 0 aromatic rings. The zero-order valence-electron chi connectivity index (χ0n) is 19.9. The summed E-state index contributed by atoms with van der Waals surface area (Å²) in [5.74, 6) is 0.292. The first-order chi connectivity index (χ1) is 14.4. The van der Waals surface area contributed by atoms with E-state index >= 15 is 0 Å². The molecule has 0 aliphatic carbocycles. The van der Waals surface area contributed by atoms with Gasteiger partial charge in [0.15, 0.2) is 0 Å². The molecule has 5 nitrogen and oxygen atoms in total. The molecular weight excluding hydrogens is 398 g/mol. The molecule has 6 heteroatoms. The smallest absolute Gasteiger partial charge is 0.264 e. The third-order valence-corrected chi connectivity index (χ3v) is 5.86. The van der Waals surface area contributed by atoms with Crippen molar-refractivity contribution in [3.63, 3.8) is 0 Å². The fourth-order valence-electron chi connectivity index (χ4n) is 3.34. The Bertz CT molecular complexity index is 531. The lowest BCUT2D eigenvalue weighted by Gasteiger charge is -2.03. The van der Waals surface area contributed by atoms with E-state index in [1.165, 1.54) is 77.0 Å². The van der Waals surface area contributed by atoms with Crippen LogP contribution in [0.1, 0.15) is 110 Å². The largest absolute Gasteiger partial charge is 0.346 e. The SMILES string of the molecule is CCCCCCCC/C=C\CCCCCCCCOS(C)(=O)=O.CN1CCCC1=O. The van der Waals surface area contributed by atoms with E-state index in [2.05, 4.69) is 19.1 Å². The van der Waals surface area contributed by atoms with Crippen molar-refractivity contribution in [1.29, 1.82) is 0 Å². The van der Waals surface area contributed by atoms with Crippen molar-refractivity contribution >= 4 is 16.0 Å². The Morgan fingerprint density at radius 2 is 1.37 bits per heavy atom. The van der Waals surface area contributed by atoms with Gasteiger partial charge in [0.2, 0.25) is 5.91 Å². The van der Waals surface area contributed by atoms with E-state index in [1.54, 1.807) is 4.90 Å². The molecule has 30 heavy (non-hydrogen) atoms. The van der Waals surface area contributed by atoms with E-state index in [9.17, 15) is 13.2 Å². The summed E-state index contributed by atoms with van der Waals surface area (Å²) in [6.07, 6.45) is 25.1. The number of amides is 1. The van der Waals surface area contributed by atoms with E-state index in [1.807, 2.05) is 7.05 Å². The van der Waals surface area contributed by atoms with Crippen molar-refractivity contribution in [2.24, 2.45) is 0 Å². The molecule has 0 aromatic heterocycles. The predicted molar refractivity (Wildman–Crippen MR) is 127 cm³/mol. The molecule has 0 N–H and O–H groups in total. The second-order valence-electron chi connectivity index (χ2n) is 8.38. The first-order valence-electron chi connectivity index (χ1n) is 12.1. The lowest BCUT2D eigenvalue weighted by Crippen LogP contribution is -2.17. The van der Waals surface area contributed by atoms with Crippen molar-refractivity contribution in [2.75, 3.05) is 26.5 Å². The zero-order chi connectivity index (χ0) is 22.5. The Hall–Kier alpha value is -0.880. The topological polar surface area (TPSA) is 63.7 Å². The molecule has 178 valence electrons. The van der Waals surface area contributed by atoms with Gasteiger partial charge in [0.25, 0.3) is 10.1 Å². The number of allylic oxidation sites excluding steroid dienone is 2. The third kappa shape index (κ3) is 21.8. The van der Waals surface area contributed by atoms with Crippen LogP contribution in [0.3, 0.4) is 0 Å². The van der Waals surface area contributed by atoms with Gasteiger partial charge in [-0.25, -0.2) is 0 Å². The lowest BCUT2D eigenvalue weighted by molar-refractivity contribution is -0.126. The average molecular weight is 446 g/mol. The van der Waals surface area contributed by atoms with Crippen LogP contribution < -0.4 is 0 Å². The summed E-state index contributed by atoms with van der Waals surface area (Å²) < 4.78 is 26.2. The lowest BCUT2D eigenvalue weighted by atomic mass is 10.1. The third-order valence-electron chi connectivity index (χ3n) is 5.26. The number of likely N-dealkylation sites (tertiary alicyclic amines) is 1. The van der Waals surface area contributed by atoms with Crippen molar-refractivity contribution in [1.82, 2.24) is 4.90 Å². The molecule has 1 heterocycles. The van der Waals surface area contributed by atoms with E-state index < -0.39 is 10.1 Å². The highest BCUT2D eigenvalue weighted by Crippen LogP contribution is 2.10. The quantitative estimate of drug-likeness (QED) is 0.151. The summed E-state index contributed by atoms with van der Waals surface area (Å²) in [5.41, 5.74) is 0. The first kappa shape index (κ1) is 29.1. The summed E-state index contributed by atoms with van der Waals surface area (Å²) >= 11 is 0. The van der Waals surface area contributed by atoms with Gasteiger partial charge in [0.1, 0.15) is 0 Å². The summed E-state index contributed by atoms with van der Waals surface area (Å²) in [4.78, 5) is 12.3. The van der Waals surface area contributed by atoms with Gasteiger partial charge in [0, 0.05) is 20.0 Å². The number of rotatable bonds is 17. The van der Waals surface area contributed by atoms with Crippen molar-refractivity contribution in [3.8, 4) is 0 Å². The van der Waals surface area contributed by atoms with E-state index in [4.69, 9.17) is 4.18 Å². The first-order valence-corrected chi connectivity index (χ1v) is 13.9. The minimum atomic E-state index is -3.25. The highest BCUT2D eigenvalue weighted by Gasteiger charge is 2.14. The number of hydrogen-bond donors (Lipinski definition) is 0. The fourth-order valence-corrected chi connectivity index (χ4v) is 3.76. The maximum atomic E-state index is 10.8. The molecule has 0 bridgehead atoms. The van der Waals surface area contributed by atoms with Crippen LogP contribution in [0.4, 0.5) is 0 Å². The van der Waals surface area contributed by atoms with E-state index in [0.29, 0.717) is 12.5 Å². The minimum absolute atomic E-state index is 0.292. The number of carbonyl (C=O) groups is 1. The predicted octanol–water partition coefficient (Wildman–Crippen LogP) is 6.24. The normalized spacial score (nSPS) is 14.4. The monoisotopic (exact) mass is 445 g/mol. The van der Waals surface area contributed by atoms with Gasteiger partial charge in [0.05, 0.1) is 12.9 Å². The summed E-state index contributed by atoms with van der Waals surface area (Å²) in [6.45, 7) is 3.55. The molecule has 1 rings (SSSR count). The Morgan fingerprint density at radius 1 is 0.867 bits per heavy atom. The van der Waals surface area contributed by atoms with Crippen molar-refractivity contribution in [2.45, 2.75) is 110 Å². The van der Waals surface area contributed by atoms with Gasteiger partial charge in [-0.3, -0.25) is 8.98 Å². The number of carbonyl (C=O) groups excluding carboxylic acids is 1. The standard InChI is InChI=1S/C19H38O3S.C5H9NO/c1-3-4-5-6-7-8-9-10-11-12-13-14-15-16-17-18-19-22-23(2,20)21;1-6-4-2-3-5(6)7/h10-11H,3-9,12-19H2,1-2H3;2-4H2,1H3/b11-10-;. The van der Waals surface area contributed by atoms with Crippen molar-refractivity contribution in [3.05, 3.63) is 12.2 Å². The average Bonchev–Trinajstić information content (AvgIpc) is 3.06.